The lowest BCUT2D eigenvalue weighted by molar-refractivity contribution is -0.147. The molecule has 0 aliphatic heterocycles. The molecule has 0 fully saturated rings. The largest absolute Gasteiger partial charge is 0.450 e. The molecule has 29 heavy (non-hydrogen) atoms. The van der Waals surface area contributed by atoms with Gasteiger partial charge in [0.1, 0.15) is 6.73 Å². The average Bonchev–Trinajstić information content (AvgIpc) is 2.70. The van der Waals surface area contributed by atoms with Crippen LogP contribution in [-0.4, -0.2) is 31.7 Å². The maximum atomic E-state index is 11.5. The number of esters is 1. The molecule has 0 N–H and O–H groups in total. The van der Waals surface area contributed by atoms with Crippen LogP contribution in [0.25, 0.3) is 0 Å². The van der Waals surface area contributed by atoms with Gasteiger partial charge in [0.25, 0.3) is 0 Å². The number of allylic oxidation sites excluding steroid dienone is 2. The minimum Gasteiger partial charge on any atom is -0.450 e. The Morgan fingerprint density at radius 1 is 0.655 bits per heavy atom. The summed E-state index contributed by atoms with van der Waals surface area (Å²) in [5, 5.41) is 0. The second-order valence-corrected chi connectivity index (χ2v) is 8.83. The lowest BCUT2D eigenvalue weighted by Gasteiger charge is -2.09. The maximum Gasteiger partial charge on any atom is 0.307 e. The van der Waals surface area contributed by atoms with Crippen molar-refractivity contribution in [3.63, 3.8) is 0 Å². The summed E-state index contributed by atoms with van der Waals surface area (Å²) >= 11 is 0. The highest BCUT2D eigenvalue weighted by atomic mass is 16.5. The van der Waals surface area contributed by atoms with Crippen molar-refractivity contribution >= 4 is 5.97 Å². The third-order valence-corrected chi connectivity index (χ3v) is 5.38. The van der Waals surface area contributed by atoms with Crippen molar-refractivity contribution in [3.05, 3.63) is 12.2 Å². The van der Waals surface area contributed by atoms with Crippen LogP contribution < -0.4 is 0 Å². The topological polar surface area (TPSA) is 29.5 Å². The van der Waals surface area contributed by atoms with Crippen LogP contribution in [0.4, 0.5) is 0 Å². The van der Waals surface area contributed by atoms with Crippen LogP contribution in [0.5, 0.6) is 0 Å². The molecule has 0 amide bonds. The van der Waals surface area contributed by atoms with Gasteiger partial charge in [-0.2, -0.15) is 0 Å². The van der Waals surface area contributed by atoms with Gasteiger partial charge in [-0.25, -0.2) is 0 Å². The zero-order chi connectivity index (χ0) is 21.4. The predicted molar refractivity (Wildman–Crippen MR) is 127 cm³/mol. The van der Waals surface area contributed by atoms with Gasteiger partial charge in [0.15, 0.2) is 0 Å². The second-order valence-electron chi connectivity index (χ2n) is 8.83. The van der Waals surface area contributed by atoms with Crippen LogP contribution >= 0.6 is 0 Å². The van der Waals surface area contributed by atoms with E-state index in [-0.39, 0.29) is 5.97 Å². The van der Waals surface area contributed by atoms with Crippen LogP contribution in [-0.2, 0) is 9.53 Å². The quantitative estimate of drug-likeness (QED) is 0.0784. The van der Waals surface area contributed by atoms with Gasteiger partial charge in [0.2, 0.25) is 0 Å². The summed E-state index contributed by atoms with van der Waals surface area (Å²) in [5.74, 6) is -0.0725. The Morgan fingerprint density at radius 3 is 1.52 bits per heavy atom. The van der Waals surface area contributed by atoms with Gasteiger partial charge in [-0.15, -0.1) is 0 Å². The fourth-order valence-electron chi connectivity index (χ4n) is 3.50. The first-order valence-electron chi connectivity index (χ1n) is 12.6. The molecule has 3 heteroatoms. The Balaban J connectivity index is 3.16. The minimum atomic E-state index is -0.0725. The minimum absolute atomic E-state index is 0.0725. The maximum absolute atomic E-state index is 11.5. The molecule has 0 aliphatic rings. The summed E-state index contributed by atoms with van der Waals surface area (Å²) in [4.78, 5) is 13.3. The molecule has 0 saturated heterocycles. The van der Waals surface area contributed by atoms with Crippen LogP contribution in [0, 0.1) is 0 Å². The van der Waals surface area contributed by atoms with Crippen molar-refractivity contribution in [2.45, 2.75) is 129 Å². The average molecular weight is 410 g/mol. The molecule has 0 aromatic rings. The normalized spacial score (nSPS) is 11.6. The zero-order valence-corrected chi connectivity index (χ0v) is 20.1. The monoisotopic (exact) mass is 409 g/mol. The standard InChI is InChI=1S/C26H51NO2/c1-4-5-6-7-8-9-10-11-12-13-14-15-16-17-18-19-20-21-22-23-24-26(28)29-25-27(2)3/h18-19H,4-17,20-25H2,1-3H3. The van der Waals surface area contributed by atoms with E-state index in [4.69, 9.17) is 4.74 Å². The summed E-state index contributed by atoms with van der Waals surface area (Å²) in [7, 11) is 3.80. The third kappa shape index (κ3) is 25.1. The highest BCUT2D eigenvalue weighted by molar-refractivity contribution is 5.69. The molecule has 0 atom stereocenters. The fraction of sp³-hybridized carbons (Fsp3) is 0.885. The van der Waals surface area contributed by atoms with Gasteiger partial charge < -0.3 is 4.74 Å². The smallest absolute Gasteiger partial charge is 0.307 e. The van der Waals surface area contributed by atoms with Crippen molar-refractivity contribution in [1.29, 1.82) is 0 Å². The second kappa shape index (κ2) is 23.4. The highest BCUT2D eigenvalue weighted by Gasteiger charge is 2.02. The van der Waals surface area contributed by atoms with Crippen LogP contribution in [0.1, 0.15) is 129 Å². The number of unbranched alkanes of at least 4 members (excludes halogenated alkanes) is 16. The Kier molecular flexibility index (Phi) is 22.8. The molecule has 172 valence electrons. The SMILES string of the molecule is CCCCCCCCCCCCCCCC=CCCCCCC(=O)OCN(C)C. The first-order chi connectivity index (χ1) is 14.2. The summed E-state index contributed by atoms with van der Waals surface area (Å²) < 4.78 is 5.12. The van der Waals surface area contributed by atoms with Crippen molar-refractivity contribution < 1.29 is 9.53 Å². The van der Waals surface area contributed by atoms with Gasteiger partial charge >= 0.3 is 5.97 Å². The molecule has 3 nitrogen and oxygen atoms in total. The number of hydrogen-bond donors (Lipinski definition) is 0. The van der Waals surface area contributed by atoms with Gasteiger partial charge in [-0.1, -0.05) is 103 Å². The number of nitrogens with zero attached hydrogens (tertiary/aromatic N) is 1. The van der Waals surface area contributed by atoms with E-state index in [1.165, 1.54) is 96.3 Å². The molecule has 0 saturated carbocycles. The van der Waals surface area contributed by atoms with Crippen LogP contribution in [0.2, 0.25) is 0 Å². The molecule has 0 rings (SSSR count). The molecule has 0 heterocycles. The highest BCUT2D eigenvalue weighted by Crippen LogP contribution is 2.13. The van der Waals surface area contributed by atoms with Crippen molar-refractivity contribution in [2.75, 3.05) is 20.8 Å². The Labute approximate surface area is 182 Å². The van der Waals surface area contributed by atoms with E-state index in [0.29, 0.717) is 13.2 Å². The molecule has 0 bridgehead atoms. The molecule has 0 unspecified atom stereocenters. The molecule has 0 radical (unpaired) electrons. The first-order valence-corrected chi connectivity index (χ1v) is 12.6. The molecular weight excluding hydrogens is 358 g/mol. The first kappa shape index (κ1) is 28.2. The number of carbonyl (C=O) groups is 1. The van der Waals surface area contributed by atoms with E-state index in [2.05, 4.69) is 19.1 Å². The predicted octanol–water partition coefficient (Wildman–Crippen LogP) is 8.04. The van der Waals surface area contributed by atoms with E-state index in [9.17, 15) is 4.79 Å². The van der Waals surface area contributed by atoms with Gasteiger partial charge in [-0.3, -0.25) is 9.69 Å². The van der Waals surface area contributed by atoms with Crippen LogP contribution in [0.3, 0.4) is 0 Å². The molecule has 0 aromatic heterocycles. The molecular formula is C26H51NO2. The zero-order valence-electron chi connectivity index (χ0n) is 20.1. The number of hydrogen-bond acceptors (Lipinski definition) is 3. The Morgan fingerprint density at radius 2 is 1.07 bits per heavy atom. The summed E-state index contributed by atoms with van der Waals surface area (Å²) in [6, 6.07) is 0. The van der Waals surface area contributed by atoms with E-state index in [0.717, 1.165) is 19.3 Å². The van der Waals surface area contributed by atoms with E-state index in [1.807, 2.05) is 19.0 Å². The Hall–Kier alpha value is -0.830. The lowest BCUT2D eigenvalue weighted by atomic mass is 10.0. The van der Waals surface area contributed by atoms with Gasteiger partial charge in [0.05, 0.1) is 0 Å². The van der Waals surface area contributed by atoms with E-state index < -0.39 is 0 Å². The Bertz CT molecular complexity index is 366. The lowest BCUT2D eigenvalue weighted by Crippen LogP contribution is -2.19. The summed E-state index contributed by atoms with van der Waals surface area (Å²) in [5.41, 5.74) is 0. The van der Waals surface area contributed by atoms with E-state index in [1.54, 1.807) is 0 Å². The number of rotatable bonds is 22. The van der Waals surface area contributed by atoms with Crippen molar-refractivity contribution in [1.82, 2.24) is 4.90 Å². The summed E-state index contributed by atoms with van der Waals surface area (Å²) in [6.07, 6.45) is 29.3. The number of carbonyl (C=O) groups excluding carboxylic acids is 1. The molecule has 0 aromatic carbocycles. The molecule has 0 aliphatic carbocycles. The fourth-order valence-corrected chi connectivity index (χ4v) is 3.50. The van der Waals surface area contributed by atoms with Crippen molar-refractivity contribution in [3.8, 4) is 0 Å². The van der Waals surface area contributed by atoms with Crippen molar-refractivity contribution in [2.24, 2.45) is 0 Å². The van der Waals surface area contributed by atoms with E-state index >= 15 is 0 Å². The summed E-state index contributed by atoms with van der Waals surface area (Å²) in [6.45, 7) is 2.68. The van der Waals surface area contributed by atoms with Gasteiger partial charge in [-0.05, 0) is 46.2 Å². The number of ether oxygens (including phenoxy) is 1. The third-order valence-electron chi connectivity index (χ3n) is 5.38. The molecule has 0 spiro atoms. The van der Waals surface area contributed by atoms with Gasteiger partial charge in [0, 0.05) is 6.42 Å². The van der Waals surface area contributed by atoms with Crippen LogP contribution in [0.15, 0.2) is 12.2 Å².